The molecular weight excluding hydrogens is 230 g/mol. The van der Waals surface area contributed by atoms with Gasteiger partial charge in [0.25, 0.3) is 0 Å². The highest BCUT2D eigenvalue weighted by Gasteiger charge is 2.11. The SMILES string of the molecule is CCCCCCCCCCCCC(N[O-])C(=O)O. The fourth-order valence-electron chi connectivity index (χ4n) is 2.07. The van der Waals surface area contributed by atoms with Crippen molar-refractivity contribution in [3.8, 4) is 0 Å². The molecule has 18 heavy (non-hydrogen) atoms. The van der Waals surface area contributed by atoms with Crippen LogP contribution in [-0.2, 0) is 4.79 Å². The number of carboxylic acid groups (broad SMARTS) is 1. The van der Waals surface area contributed by atoms with Crippen LogP contribution >= 0.6 is 0 Å². The molecule has 2 N–H and O–H groups in total. The van der Waals surface area contributed by atoms with Crippen LogP contribution in [0, 0.1) is 5.21 Å². The Labute approximate surface area is 111 Å². The molecule has 1 atom stereocenters. The van der Waals surface area contributed by atoms with Gasteiger partial charge in [-0.3, -0.25) is 4.79 Å². The van der Waals surface area contributed by atoms with Gasteiger partial charge >= 0.3 is 5.97 Å². The van der Waals surface area contributed by atoms with Crippen LogP contribution in [-0.4, -0.2) is 17.1 Å². The lowest BCUT2D eigenvalue weighted by Gasteiger charge is -2.17. The second-order valence-corrected chi connectivity index (χ2v) is 4.98. The Morgan fingerprint density at radius 3 is 1.83 bits per heavy atom. The fourth-order valence-corrected chi connectivity index (χ4v) is 2.07. The van der Waals surface area contributed by atoms with Crippen LogP contribution < -0.4 is 5.48 Å². The molecule has 0 saturated heterocycles. The van der Waals surface area contributed by atoms with Crippen LogP contribution in [0.1, 0.15) is 77.6 Å². The summed E-state index contributed by atoms with van der Waals surface area (Å²) >= 11 is 0. The Hall–Kier alpha value is -0.610. The van der Waals surface area contributed by atoms with E-state index in [1.54, 1.807) is 5.48 Å². The molecule has 0 amide bonds. The summed E-state index contributed by atoms with van der Waals surface area (Å²) in [6.07, 6.45) is 12.6. The van der Waals surface area contributed by atoms with Crippen LogP contribution in [0.2, 0.25) is 0 Å². The van der Waals surface area contributed by atoms with Gasteiger partial charge in [-0.1, -0.05) is 71.1 Å². The number of hydroxylamine groups is 1. The molecule has 0 bridgehead atoms. The molecule has 0 aliphatic rings. The van der Waals surface area contributed by atoms with Crippen LogP contribution in [0.5, 0.6) is 0 Å². The van der Waals surface area contributed by atoms with E-state index in [9.17, 15) is 10.0 Å². The van der Waals surface area contributed by atoms with Gasteiger partial charge in [-0.15, -0.1) is 0 Å². The van der Waals surface area contributed by atoms with E-state index >= 15 is 0 Å². The molecule has 4 heteroatoms. The number of hydrogen-bond acceptors (Lipinski definition) is 3. The van der Waals surface area contributed by atoms with E-state index in [1.807, 2.05) is 0 Å². The number of aliphatic carboxylic acids is 1. The van der Waals surface area contributed by atoms with Gasteiger partial charge in [0.15, 0.2) is 0 Å². The molecule has 1 unspecified atom stereocenters. The molecule has 0 saturated carbocycles. The molecule has 108 valence electrons. The van der Waals surface area contributed by atoms with Gasteiger partial charge < -0.3 is 15.8 Å². The van der Waals surface area contributed by atoms with Crippen molar-refractivity contribution in [3.05, 3.63) is 5.21 Å². The average molecular weight is 258 g/mol. The first-order chi connectivity index (χ1) is 8.72. The quantitative estimate of drug-likeness (QED) is 0.389. The topological polar surface area (TPSA) is 72.4 Å². The van der Waals surface area contributed by atoms with E-state index in [1.165, 1.54) is 44.9 Å². The summed E-state index contributed by atoms with van der Waals surface area (Å²) in [5.41, 5.74) is 1.58. The lowest BCUT2D eigenvalue weighted by molar-refractivity contribution is -0.139. The third-order valence-electron chi connectivity index (χ3n) is 3.29. The van der Waals surface area contributed by atoms with Gasteiger partial charge in [-0.25, -0.2) is 0 Å². The lowest BCUT2D eigenvalue weighted by atomic mass is 10.0. The highest BCUT2D eigenvalue weighted by molar-refractivity contribution is 5.73. The van der Waals surface area contributed by atoms with Crippen LogP contribution in [0.4, 0.5) is 0 Å². The third kappa shape index (κ3) is 10.5. The Balaban J connectivity index is 3.18. The van der Waals surface area contributed by atoms with Gasteiger partial charge in [0.1, 0.15) is 0 Å². The second-order valence-electron chi connectivity index (χ2n) is 4.98. The number of nitrogens with one attached hydrogen (secondary N) is 1. The molecule has 0 rings (SSSR count). The average Bonchev–Trinajstić information content (AvgIpc) is 2.35. The molecule has 0 radical (unpaired) electrons. The fraction of sp³-hybridized carbons (Fsp3) is 0.929. The van der Waals surface area contributed by atoms with Gasteiger partial charge in [-0.2, -0.15) is 0 Å². The minimum absolute atomic E-state index is 0.440. The van der Waals surface area contributed by atoms with Gasteiger partial charge in [0.05, 0.1) is 6.04 Å². The van der Waals surface area contributed by atoms with E-state index in [2.05, 4.69) is 6.92 Å². The first-order valence-electron chi connectivity index (χ1n) is 7.32. The molecule has 0 aromatic rings. The molecule has 0 fully saturated rings. The van der Waals surface area contributed by atoms with Crippen molar-refractivity contribution in [1.29, 1.82) is 0 Å². The second kappa shape index (κ2) is 12.8. The van der Waals surface area contributed by atoms with Crippen LogP contribution in [0.3, 0.4) is 0 Å². The molecule has 0 aromatic carbocycles. The van der Waals surface area contributed by atoms with Gasteiger partial charge in [0, 0.05) is 0 Å². The molecule has 0 aromatic heterocycles. The highest BCUT2D eigenvalue weighted by atomic mass is 16.5. The number of hydrogen-bond donors (Lipinski definition) is 2. The molecule has 0 heterocycles. The summed E-state index contributed by atoms with van der Waals surface area (Å²) < 4.78 is 0. The van der Waals surface area contributed by atoms with Crippen molar-refractivity contribution in [2.75, 3.05) is 0 Å². The first kappa shape index (κ1) is 17.4. The Bertz CT molecular complexity index is 197. The molecular formula is C14H28NO3-. The number of carbonyl (C=O) groups is 1. The first-order valence-corrected chi connectivity index (χ1v) is 7.32. The predicted octanol–water partition coefficient (Wildman–Crippen LogP) is 3.84. The zero-order chi connectivity index (χ0) is 13.6. The van der Waals surface area contributed by atoms with E-state index in [0.29, 0.717) is 6.42 Å². The standard InChI is InChI=1S/C14H28NO3/c1-2-3-4-5-6-7-8-9-10-11-12-13(15-18)14(16)17/h13,15H,2-12H2,1H3,(H,16,17)/q-1. The molecule has 0 spiro atoms. The van der Waals surface area contributed by atoms with Crippen molar-refractivity contribution in [2.45, 2.75) is 83.6 Å². The van der Waals surface area contributed by atoms with Gasteiger partial charge in [-0.05, 0) is 6.42 Å². The molecule has 4 nitrogen and oxygen atoms in total. The Kier molecular flexibility index (Phi) is 12.4. The van der Waals surface area contributed by atoms with Gasteiger partial charge in [0.2, 0.25) is 0 Å². The zero-order valence-corrected chi connectivity index (χ0v) is 11.6. The summed E-state index contributed by atoms with van der Waals surface area (Å²) in [6.45, 7) is 2.22. The van der Waals surface area contributed by atoms with Crippen LogP contribution in [0.25, 0.3) is 0 Å². The summed E-state index contributed by atoms with van der Waals surface area (Å²) in [5, 5.41) is 19.0. The number of unbranched alkanes of at least 4 members (excludes halogenated alkanes) is 9. The summed E-state index contributed by atoms with van der Waals surface area (Å²) in [6, 6.07) is -0.918. The van der Waals surface area contributed by atoms with Crippen molar-refractivity contribution < 1.29 is 9.90 Å². The van der Waals surface area contributed by atoms with Crippen LogP contribution in [0.15, 0.2) is 0 Å². The summed E-state index contributed by atoms with van der Waals surface area (Å²) in [7, 11) is 0. The van der Waals surface area contributed by atoms with Crippen molar-refractivity contribution in [1.82, 2.24) is 5.48 Å². The van der Waals surface area contributed by atoms with Crippen molar-refractivity contribution in [3.63, 3.8) is 0 Å². The lowest BCUT2D eigenvalue weighted by Crippen LogP contribution is -2.32. The zero-order valence-electron chi connectivity index (χ0n) is 11.6. The maximum absolute atomic E-state index is 10.6. The van der Waals surface area contributed by atoms with E-state index in [4.69, 9.17) is 5.11 Å². The molecule has 0 aliphatic carbocycles. The normalized spacial score (nSPS) is 12.6. The van der Waals surface area contributed by atoms with E-state index < -0.39 is 12.0 Å². The van der Waals surface area contributed by atoms with E-state index in [-0.39, 0.29) is 0 Å². The summed E-state index contributed by atoms with van der Waals surface area (Å²) in [5.74, 6) is -1.04. The predicted molar refractivity (Wildman–Crippen MR) is 74.4 cm³/mol. The third-order valence-corrected chi connectivity index (χ3v) is 3.29. The highest BCUT2D eigenvalue weighted by Crippen LogP contribution is 2.12. The summed E-state index contributed by atoms with van der Waals surface area (Å²) in [4.78, 5) is 10.6. The maximum Gasteiger partial charge on any atom is 0.319 e. The van der Waals surface area contributed by atoms with Crippen molar-refractivity contribution >= 4 is 5.97 Å². The number of rotatable bonds is 13. The monoisotopic (exact) mass is 258 g/mol. The van der Waals surface area contributed by atoms with E-state index in [0.717, 1.165) is 19.3 Å². The maximum atomic E-state index is 10.6. The Morgan fingerprint density at radius 2 is 1.44 bits per heavy atom. The largest absolute Gasteiger partial charge is 0.787 e. The smallest absolute Gasteiger partial charge is 0.319 e. The molecule has 0 aliphatic heterocycles. The van der Waals surface area contributed by atoms with Crippen molar-refractivity contribution in [2.24, 2.45) is 0 Å². The Morgan fingerprint density at radius 1 is 1.00 bits per heavy atom. The minimum Gasteiger partial charge on any atom is -0.787 e. The number of carboxylic acids is 1. The minimum atomic E-state index is -1.04.